The molecule has 1 rings (SSSR count). The van der Waals surface area contributed by atoms with Gasteiger partial charge in [0.1, 0.15) is 5.76 Å². The van der Waals surface area contributed by atoms with E-state index in [1.54, 1.807) is 0 Å². The van der Waals surface area contributed by atoms with E-state index in [-0.39, 0.29) is 18.1 Å². The van der Waals surface area contributed by atoms with Gasteiger partial charge in [0.05, 0.1) is 13.2 Å². The Bertz CT molecular complexity index is 491. The number of aryl methyl sites for hydroxylation is 1. The van der Waals surface area contributed by atoms with Crippen molar-refractivity contribution in [1.29, 1.82) is 0 Å². The lowest BCUT2D eigenvalue weighted by molar-refractivity contribution is -0.138. The smallest absolute Gasteiger partial charge is 0.339 e. The summed E-state index contributed by atoms with van der Waals surface area (Å²) in [5, 5.41) is 9.09. The number of nitrogens with zero attached hydrogens (tertiary/aromatic N) is 1. The Morgan fingerprint density at radius 2 is 2.00 bits per heavy atom. The van der Waals surface area contributed by atoms with Crippen LogP contribution >= 0.6 is 0 Å². The molecule has 0 aliphatic heterocycles. The third kappa shape index (κ3) is 3.95. The zero-order valence-electron chi connectivity index (χ0n) is 10.4. The molecule has 0 fully saturated rings. The van der Waals surface area contributed by atoms with Crippen LogP contribution in [0.15, 0.2) is 35.7 Å². The number of hydrogen-bond acceptors (Lipinski definition) is 3. The fourth-order valence-electron chi connectivity index (χ4n) is 1.36. The Hall–Kier alpha value is -2.28. The normalized spacial score (nSPS) is 11.4. The van der Waals surface area contributed by atoms with Crippen molar-refractivity contribution in [2.45, 2.75) is 20.3 Å². The maximum absolute atomic E-state index is 11.4. The average Bonchev–Trinajstić information content (AvgIpc) is 2.32. The highest BCUT2D eigenvalue weighted by molar-refractivity contribution is 5.90. The molecule has 0 aromatic heterocycles. The van der Waals surface area contributed by atoms with Crippen LogP contribution < -0.4 is 0 Å². The molecule has 0 amide bonds. The fourth-order valence-corrected chi connectivity index (χ4v) is 1.36. The van der Waals surface area contributed by atoms with Gasteiger partial charge in [0.15, 0.2) is 0 Å². The molecule has 0 saturated carbocycles. The molecule has 0 unspecified atom stereocenters. The molecule has 4 heteroatoms. The van der Waals surface area contributed by atoms with E-state index >= 15 is 0 Å². The maximum Gasteiger partial charge on any atom is 0.339 e. The number of hydrogen-bond donors (Lipinski definition) is 1. The van der Waals surface area contributed by atoms with Crippen LogP contribution in [0.5, 0.6) is 0 Å². The molecule has 1 N–H and O–H groups in total. The topological polar surface area (TPSA) is 50.9 Å². The van der Waals surface area contributed by atoms with Crippen LogP contribution in [0.1, 0.15) is 18.1 Å². The summed E-state index contributed by atoms with van der Waals surface area (Å²) in [5.41, 5.74) is 1.87. The standard InChI is InChI=1S/C14H15NO3/c1-10-4-6-12(7-5-10)8-9-18-14(17)13(15-3)11(2)16/h4-7,16H,8-9H2,1-2H3. The number of rotatable bonds is 4. The highest BCUT2D eigenvalue weighted by Gasteiger charge is 2.14. The summed E-state index contributed by atoms with van der Waals surface area (Å²) in [4.78, 5) is 14.3. The first-order valence-electron chi connectivity index (χ1n) is 5.54. The van der Waals surface area contributed by atoms with Gasteiger partial charge in [-0.25, -0.2) is 4.85 Å². The number of aliphatic hydroxyl groups is 1. The number of ether oxygens (including phenoxy) is 1. The minimum Gasteiger partial charge on any atom is -0.523 e. The van der Waals surface area contributed by atoms with E-state index in [2.05, 4.69) is 4.85 Å². The number of benzene rings is 1. The molecule has 0 heterocycles. The van der Waals surface area contributed by atoms with E-state index in [1.165, 1.54) is 12.5 Å². The molecule has 1 aromatic rings. The summed E-state index contributed by atoms with van der Waals surface area (Å²) in [6.07, 6.45) is 0.585. The predicted octanol–water partition coefficient (Wildman–Crippen LogP) is 2.79. The van der Waals surface area contributed by atoms with Crippen molar-refractivity contribution in [2.24, 2.45) is 0 Å². The lowest BCUT2D eigenvalue weighted by atomic mass is 10.1. The Balaban J connectivity index is 2.48. The SMILES string of the molecule is [C-]#[N+]C(C(=O)OCCc1ccc(C)cc1)=C(C)O. The van der Waals surface area contributed by atoms with Crippen LogP contribution in [0.3, 0.4) is 0 Å². The first-order valence-corrected chi connectivity index (χ1v) is 5.54. The molecule has 0 radical (unpaired) electrons. The second-order valence-electron chi connectivity index (χ2n) is 3.92. The molecule has 18 heavy (non-hydrogen) atoms. The molecule has 1 aromatic carbocycles. The number of carbonyl (C=O) groups excluding carboxylic acids is 1. The summed E-state index contributed by atoms with van der Waals surface area (Å²) in [6.45, 7) is 10.2. The van der Waals surface area contributed by atoms with Crippen molar-refractivity contribution in [1.82, 2.24) is 0 Å². The summed E-state index contributed by atoms with van der Waals surface area (Å²) in [5.74, 6) is -1.09. The van der Waals surface area contributed by atoms with Crippen molar-refractivity contribution >= 4 is 5.97 Å². The lowest BCUT2D eigenvalue weighted by Gasteiger charge is -2.05. The molecule has 4 nitrogen and oxygen atoms in total. The van der Waals surface area contributed by atoms with Gasteiger partial charge < -0.3 is 9.84 Å². The van der Waals surface area contributed by atoms with Crippen LogP contribution in [0.2, 0.25) is 0 Å². The number of esters is 1. The molecule has 0 atom stereocenters. The van der Waals surface area contributed by atoms with Gasteiger partial charge >= 0.3 is 11.7 Å². The van der Waals surface area contributed by atoms with Gasteiger partial charge in [-0.2, -0.15) is 0 Å². The Morgan fingerprint density at radius 1 is 1.39 bits per heavy atom. The number of carbonyl (C=O) groups is 1. The second-order valence-corrected chi connectivity index (χ2v) is 3.92. The first kappa shape index (κ1) is 13.8. The molecule has 94 valence electrons. The average molecular weight is 245 g/mol. The van der Waals surface area contributed by atoms with Crippen molar-refractivity contribution in [2.75, 3.05) is 6.61 Å². The van der Waals surface area contributed by atoms with E-state index in [0.29, 0.717) is 6.42 Å². The van der Waals surface area contributed by atoms with Gasteiger partial charge in [0, 0.05) is 6.42 Å². The summed E-state index contributed by atoms with van der Waals surface area (Å²) in [7, 11) is 0. The molecule has 0 aliphatic carbocycles. The summed E-state index contributed by atoms with van der Waals surface area (Å²) in [6, 6.07) is 7.90. The highest BCUT2D eigenvalue weighted by atomic mass is 16.5. The number of allylic oxidation sites excluding steroid dienone is 1. The lowest BCUT2D eigenvalue weighted by Crippen LogP contribution is -2.10. The van der Waals surface area contributed by atoms with Gasteiger partial charge in [0.25, 0.3) is 0 Å². The van der Waals surface area contributed by atoms with E-state index in [1.807, 2.05) is 31.2 Å². The quantitative estimate of drug-likeness (QED) is 0.384. The van der Waals surface area contributed by atoms with E-state index < -0.39 is 5.97 Å². The zero-order valence-corrected chi connectivity index (χ0v) is 10.4. The molecular weight excluding hydrogens is 230 g/mol. The minimum atomic E-state index is -0.780. The molecule has 0 aliphatic rings. The second kappa shape index (κ2) is 6.45. The first-order chi connectivity index (χ1) is 8.54. The van der Waals surface area contributed by atoms with Crippen LogP contribution in [-0.2, 0) is 16.0 Å². The largest absolute Gasteiger partial charge is 0.523 e. The Labute approximate surface area is 106 Å². The van der Waals surface area contributed by atoms with Crippen molar-refractivity contribution in [3.8, 4) is 0 Å². The van der Waals surface area contributed by atoms with Crippen LogP contribution in [0, 0.1) is 13.5 Å². The van der Waals surface area contributed by atoms with Gasteiger partial charge in [-0.05, 0) is 19.4 Å². The highest BCUT2D eigenvalue weighted by Crippen LogP contribution is 2.07. The predicted molar refractivity (Wildman–Crippen MR) is 67.8 cm³/mol. The third-order valence-corrected chi connectivity index (χ3v) is 2.39. The van der Waals surface area contributed by atoms with Gasteiger partial charge in [-0.15, -0.1) is 0 Å². The Morgan fingerprint density at radius 3 is 2.50 bits per heavy atom. The van der Waals surface area contributed by atoms with Crippen molar-refractivity contribution in [3.05, 3.63) is 58.3 Å². The van der Waals surface area contributed by atoms with E-state index in [4.69, 9.17) is 16.4 Å². The molecule has 0 saturated heterocycles. The van der Waals surface area contributed by atoms with Crippen molar-refractivity contribution < 1.29 is 14.6 Å². The summed E-state index contributed by atoms with van der Waals surface area (Å²) >= 11 is 0. The van der Waals surface area contributed by atoms with Gasteiger partial charge in [0.2, 0.25) is 0 Å². The molecule has 0 bridgehead atoms. The van der Waals surface area contributed by atoms with Gasteiger partial charge in [-0.1, -0.05) is 29.8 Å². The van der Waals surface area contributed by atoms with Crippen LogP contribution in [0.4, 0.5) is 0 Å². The van der Waals surface area contributed by atoms with Crippen LogP contribution in [0.25, 0.3) is 4.85 Å². The third-order valence-electron chi connectivity index (χ3n) is 2.39. The molecule has 0 spiro atoms. The van der Waals surface area contributed by atoms with Gasteiger partial charge in [-0.3, -0.25) is 4.79 Å². The Kier molecular flexibility index (Phi) is 4.94. The summed E-state index contributed by atoms with van der Waals surface area (Å²) < 4.78 is 4.92. The number of aliphatic hydroxyl groups excluding tert-OH is 1. The van der Waals surface area contributed by atoms with E-state index in [9.17, 15) is 4.79 Å². The monoisotopic (exact) mass is 245 g/mol. The fraction of sp³-hybridized carbons (Fsp3) is 0.286. The van der Waals surface area contributed by atoms with E-state index in [0.717, 1.165) is 5.56 Å². The van der Waals surface area contributed by atoms with Crippen molar-refractivity contribution in [3.63, 3.8) is 0 Å². The maximum atomic E-state index is 11.4. The van der Waals surface area contributed by atoms with Crippen LogP contribution in [-0.4, -0.2) is 17.7 Å². The molecular formula is C14H15NO3. The minimum absolute atomic E-state index is 0.189. The zero-order chi connectivity index (χ0) is 13.5.